The minimum Gasteiger partial charge on any atom is -0.394 e. The molecule has 1 unspecified atom stereocenters. The molecule has 6 N–H and O–H groups in total. The third kappa shape index (κ3) is 12.2. The van der Waals surface area contributed by atoms with Gasteiger partial charge < -0.3 is 25.7 Å². The van der Waals surface area contributed by atoms with Crippen LogP contribution >= 0.6 is 7.82 Å². The zero-order valence-corrected chi connectivity index (χ0v) is 10.6. The van der Waals surface area contributed by atoms with Gasteiger partial charge in [0, 0.05) is 6.04 Å². The van der Waals surface area contributed by atoms with Gasteiger partial charge in [-0.05, 0) is 12.8 Å². The largest absolute Gasteiger partial charge is 0.469 e. The molecule has 0 heterocycles. The third-order valence-corrected chi connectivity index (χ3v) is 2.78. The number of nitrogens with two attached hydrogens (primary N) is 1. The zero-order valence-electron chi connectivity index (χ0n) is 9.73. The lowest BCUT2D eigenvalue weighted by Crippen LogP contribution is -2.22. The van der Waals surface area contributed by atoms with Crippen molar-refractivity contribution in [2.45, 2.75) is 44.2 Å². The number of hydrogen-bond donors (Lipinski definition) is 5. The molecule has 8 heteroatoms. The Morgan fingerprint density at radius 2 is 1.82 bits per heavy atom. The van der Waals surface area contributed by atoms with Crippen molar-refractivity contribution in [1.29, 1.82) is 0 Å². The maximum Gasteiger partial charge on any atom is 0.469 e. The highest BCUT2D eigenvalue weighted by Crippen LogP contribution is 2.35. The molecule has 0 spiro atoms. The average Bonchev–Trinajstić information content (AvgIpc) is 2.27. The highest BCUT2D eigenvalue weighted by atomic mass is 31.2. The van der Waals surface area contributed by atoms with Crippen LogP contribution in [-0.2, 0) is 9.09 Å². The van der Waals surface area contributed by atoms with Crippen LogP contribution in [0.3, 0.4) is 0 Å². The fourth-order valence-corrected chi connectivity index (χ4v) is 1.74. The molecule has 1 atom stereocenters. The summed E-state index contributed by atoms with van der Waals surface area (Å²) in [7, 11) is -4.50. The molecule has 0 bridgehead atoms. The van der Waals surface area contributed by atoms with Gasteiger partial charge >= 0.3 is 7.82 Å². The fraction of sp³-hybridized carbons (Fsp3) is 1.00. The smallest absolute Gasteiger partial charge is 0.394 e. The minimum absolute atomic E-state index is 0.536. The number of phosphoric acid groups is 1. The fourth-order valence-electron chi connectivity index (χ4n) is 1.37. The summed E-state index contributed by atoms with van der Waals surface area (Å²) >= 11 is 0. The van der Waals surface area contributed by atoms with Crippen LogP contribution in [-0.4, -0.2) is 45.4 Å². The van der Waals surface area contributed by atoms with Gasteiger partial charge in [0.2, 0.25) is 0 Å². The Labute approximate surface area is 101 Å². The number of aliphatic hydroxyl groups is 2. The predicted octanol–water partition coefficient (Wildman–Crippen LogP) is -0.273. The summed E-state index contributed by atoms with van der Waals surface area (Å²) in [6, 6.07) is 0.536. The molecule has 0 saturated heterocycles. The first-order chi connectivity index (χ1) is 7.85. The van der Waals surface area contributed by atoms with Crippen molar-refractivity contribution in [3.05, 3.63) is 0 Å². The summed E-state index contributed by atoms with van der Waals surface area (Å²) in [4.78, 5) is 16.1. The van der Waals surface area contributed by atoms with E-state index in [1.54, 1.807) is 0 Å². The second kappa shape index (κ2) is 8.99. The SMILES string of the molecule is NC1CCCCC1.O=P(O)(O)O[13CH2][13CH](O)[13CH2]O. The van der Waals surface area contributed by atoms with E-state index in [0.717, 1.165) is 0 Å². The van der Waals surface area contributed by atoms with Crippen LogP contribution < -0.4 is 5.73 Å². The van der Waals surface area contributed by atoms with Crippen molar-refractivity contribution in [2.24, 2.45) is 5.73 Å². The lowest BCUT2D eigenvalue weighted by atomic mass is 9.97. The number of rotatable bonds is 4. The molecule has 1 saturated carbocycles. The van der Waals surface area contributed by atoms with Crippen molar-refractivity contribution in [3.63, 3.8) is 0 Å². The van der Waals surface area contributed by atoms with Gasteiger partial charge in [-0.1, -0.05) is 19.3 Å². The van der Waals surface area contributed by atoms with Gasteiger partial charge in [0.25, 0.3) is 0 Å². The van der Waals surface area contributed by atoms with Gasteiger partial charge in [-0.25, -0.2) is 4.57 Å². The summed E-state index contributed by atoms with van der Waals surface area (Å²) in [6.45, 7) is -1.15. The predicted molar refractivity (Wildman–Crippen MR) is 62.1 cm³/mol. The van der Waals surface area contributed by atoms with E-state index in [4.69, 9.17) is 25.7 Å². The summed E-state index contributed by atoms with van der Waals surface area (Å²) in [6.07, 6.45) is 5.42. The molecule has 1 aliphatic rings. The second-order valence-electron chi connectivity index (χ2n) is 4.02. The Morgan fingerprint density at radius 1 is 1.29 bits per heavy atom. The Kier molecular flexibility index (Phi) is 8.99. The number of phosphoric ester groups is 1. The number of hydrogen-bond acceptors (Lipinski definition) is 5. The highest BCUT2D eigenvalue weighted by Gasteiger charge is 2.15. The van der Waals surface area contributed by atoms with E-state index in [2.05, 4.69) is 4.52 Å². The van der Waals surface area contributed by atoms with Crippen LogP contribution in [0.25, 0.3) is 0 Å². The van der Waals surface area contributed by atoms with Gasteiger partial charge in [0.05, 0.1) is 13.2 Å². The van der Waals surface area contributed by atoms with Gasteiger partial charge in [-0.3, -0.25) is 4.52 Å². The molecule has 1 rings (SSSR count). The average molecular weight is 274 g/mol. The van der Waals surface area contributed by atoms with Crippen LogP contribution in [0.1, 0.15) is 32.1 Å². The van der Waals surface area contributed by atoms with E-state index in [9.17, 15) is 4.57 Å². The summed E-state index contributed by atoms with van der Waals surface area (Å²) < 4.78 is 13.8. The number of aliphatic hydroxyl groups excluding tert-OH is 2. The minimum atomic E-state index is -4.50. The van der Waals surface area contributed by atoms with Crippen molar-refractivity contribution < 1.29 is 29.1 Å². The van der Waals surface area contributed by atoms with Crippen molar-refractivity contribution >= 4 is 7.82 Å². The normalized spacial score (nSPS) is 19.4. The van der Waals surface area contributed by atoms with Crippen LogP contribution in [0.4, 0.5) is 0 Å². The van der Waals surface area contributed by atoms with Gasteiger partial charge in [0.1, 0.15) is 6.10 Å². The Bertz CT molecular complexity index is 228. The van der Waals surface area contributed by atoms with Gasteiger partial charge in [0.15, 0.2) is 0 Å². The third-order valence-electron chi connectivity index (χ3n) is 2.30. The molecule has 0 aromatic carbocycles. The monoisotopic (exact) mass is 274 g/mol. The maximum absolute atomic E-state index is 9.93. The topological polar surface area (TPSA) is 133 Å². The van der Waals surface area contributed by atoms with E-state index in [1.165, 1.54) is 32.1 Å². The molecule has 17 heavy (non-hydrogen) atoms. The van der Waals surface area contributed by atoms with Crippen LogP contribution in [0.5, 0.6) is 0 Å². The lowest BCUT2D eigenvalue weighted by molar-refractivity contribution is 0.0419. The van der Waals surface area contributed by atoms with E-state index in [0.29, 0.717) is 6.04 Å². The molecule has 0 aliphatic heterocycles. The first kappa shape index (κ1) is 17.0. The van der Waals surface area contributed by atoms with E-state index >= 15 is 0 Å². The van der Waals surface area contributed by atoms with Crippen molar-refractivity contribution in [2.75, 3.05) is 13.2 Å². The van der Waals surface area contributed by atoms with Crippen molar-refractivity contribution in [1.82, 2.24) is 0 Å². The van der Waals surface area contributed by atoms with E-state index in [1.807, 2.05) is 0 Å². The zero-order chi connectivity index (χ0) is 13.3. The molecule has 0 aromatic heterocycles. The molecular formula is C9H22NO6P. The van der Waals surface area contributed by atoms with E-state index in [-0.39, 0.29) is 0 Å². The lowest BCUT2D eigenvalue weighted by Gasteiger charge is -2.15. The standard InChI is InChI=1S/C6H13N.C3H9O6P/c7-6-4-2-1-3-5-6;4-1-3(5)2-9-10(6,7)8/h6H,1-5,7H2;3-5H,1-2H2,(H2,6,7,8)/i;1+1,2+1,3+1. The van der Waals surface area contributed by atoms with E-state index < -0.39 is 27.1 Å². The van der Waals surface area contributed by atoms with Crippen molar-refractivity contribution in [3.8, 4) is 0 Å². The quantitative estimate of drug-likeness (QED) is 0.352. The van der Waals surface area contributed by atoms with Gasteiger partial charge in [-0.15, -0.1) is 0 Å². The van der Waals surface area contributed by atoms with Gasteiger partial charge in [-0.2, -0.15) is 0 Å². The molecule has 0 amide bonds. The summed E-state index contributed by atoms with van der Waals surface area (Å²) in [5.41, 5.74) is 5.63. The summed E-state index contributed by atoms with van der Waals surface area (Å²) in [5, 5.41) is 16.7. The Balaban J connectivity index is 0.000000318. The van der Waals surface area contributed by atoms with Crippen LogP contribution in [0.15, 0.2) is 0 Å². The molecule has 7 nitrogen and oxygen atoms in total. The van der Waals surface area contributed by atoms with Crippen LogP contribution in [0, 0.1) is 0 Å². The van der Waals surface area contributed by atoms with Crippen LogP contribution in [0.2, 0.25) is 0 Å². The highest BCUT2D eigenvalue weighted by molar-refractivity contribution is 7.46. The maximum atomic E-state index is 9.93. The molecule has 0 aromatic rings. The first-order valence-corrected chi connectivity index (χ1v) is 7.12. The molecule has 104 valence electrons. The molecule has 1 aliphatic carbocycles. The Hall–Kier alpha value is -0.0100. The summed E-state index contributed by atoms with van der Waals surface area (Å²) in [5.74, 6) is 0. The Morgan fingerprint density at radius 3 is 2.12 bits per heavy atom. The molecule has 0 radical (unpaired) electrons. The first-order valence-electron chi connectivity index (χ1n) is 5.59. The molecular weight excluding hydrogens is 252 g/mol. The molecule has 1 fully saturated rings. The second-order valence-corrected chi connectivity index (χ2v) is 5.26.